The van der Waals surface area contributed by atoms with E-state index in [1.165, 1.54) is 5.06 Å². The van der Waals surface area contributed by atoms with Crippen molar-refractivity contribution in [1.82, 2.24) is 10.2 Å². The molecule has 0 aliphatic carbocycles. The zero-order valence-electron chi connectivity index (χ0n) is 14.3. The fourth-order valence-corrected chi connectivity index (χ4v) is 3.32. The number of nitrogens with one attached hydrogen (secondary N) is 1. The molecule has 0 unspecified atom stereocenters. The van der Waals surface area contributed by atoms with E-state index >= 15 is 0 Å². The smallest absolute Gasteiger partial charge is 0.285 e. The molecule has 9 heteroatoms. The van der Waals surface area contributed by atoms with E-state index < -0.39 is 10.1 Å². The number of rotatable bonds is 4. The van der Waals surface area contributed by atoms with Crippen LogP contribution in [0.15, 0.2) is 29.1 Å². The van der Waals surface area contributed by atoms with Gasteiger partial charge in [0, 0.05) is 37.5 Å². The Bertz CT molecular complexity index is 936. The third kappa shape index (κ3) is 3.67. The van der Waals surface area contributed by atoms with Gasteiger partial charge in [0.25, 0.3) is 15.7 Å². The molecule has 0 amide bonds. The van der Waals surface area contributed by atoms with Crippen LogP contribution in [0.3, 0.4) is 0 Å². The number of aromatic nitrogens is 2. The quantitative estimate of drug-likeness (QED) is 0.869. The minimum absolute atomic E-state index is 0.328. The van der Waals surface area contributed by atoms with Crippen molar-refractivity contribution in [2.45, 2.75) is 12.8 Å². The van der Waals surface area contributed by atoms with Crippen molar-refractivity contribution in [2.75, 3.05) is 36.9 Å². The molecule has 0 fully saturated rings. The highest BCUT2D eigenvalue weighted by atomic mass is 32.2. The number of H-pyrrole nitrogens is 1. The topological polar surface area (TPSA) is 95.6 Å². The molecule has 1 N–H and O–H groups in total. The van der Waals surface area contributed by atoms with E-state index in [4.69, 9.17) is 4.28 Å². The third-order valence-electron chi connectivity index (χ3n) is 3.97. The maximum atomic E-state index is 12.1. The molecule has 0 saturated heterocycles. The van der Waals surface area contributed by atoms with Gasteiger partial charge in [0.15, 0.2) is 0 Å². The van der Waals surface area contributed by atoms with Crippen molar-refractivity contribution in [3.63, 3.8) is 0 Å². The minimum atomic E-state index is -3.72. The Morgan fingerprint density at radius 1 is 1.24 bits per heavy atom. The van der Waals surface area contributed by atoms with Crippen molar-refractivity contribution in [1.29, 1.82) is 0 Å². The highest BCUT2D eigenvalue weighted by Gasteiger charge is 2.28. The first-order chi connectivity index (χ1) is 11.8. The highest BCUT2D eigenvalue weighted by molar-refractivity contribution is 7.86. The second-order valence-electron chi connectivity index (χ2n) is 6.15. The summed E-state index contributed by atoms with van der Waals surface area (Å²) in [6.45, 7) is 0.369. The average molecular weight is 364 g/mol. The van der Waals surface area contributed by atoms with Gasteiger partial charge in [-0.2, -0.15) is 13.5 Å². The van der Waals surface area contributed by atoms with Crippen LogP contribution in [0.5, 0.6) is 0 Å². The summed E-state index contributed by atoms with van der Waals surface area (Å²) < 4.78 is 28.3. The molecule has 2 heterocycles. The number of benzene rings is 1. The lowest BCUT2D eigenvalue weighted by molar-refractivity contribution is 0.277. The van der Waals surface area contributed by atoms with Crippen LogP contribution in [0.2, 0.25) is 0 Å². The Kier molecular flexibility index (Phi) is 4.53. The van der Waals surface area contributed by atoms with Gasteiger partial charge in [0.05, 0.1) is 6.26 Å². The number of anilines is 2. The largest absolute Gasteiger partial charge is 0.378 e. The summed E-state index contributed by atoms with van der Waals surface area (Å²) >= 11 is 0. The summed E-state index contributed by atoms with van der Waals surface area (Å²) in [5.74, 6) is 0. The van der Waals surface area contributed by atoms with Crippen molar-refractivity contribution in [2.24, 2.45) is 0 Å². The molecule has 1 aliphatic rings. The summed E-state index contributed by atoms with van der Waals surface area (Å²) in [5, 5.41) is 7.90. The Labute approximate surface area is 146 Å². The predicted molar refractivity (Wildman–Crippen MR) is 96.2 cm³/mol. The molecular weight excluding hydrogens is 344 g/mol. The molecule has 1 aromatic carbocycles. The van der Waals surface area contributed by atoms with E-state index in [1.807, 2.05) is 43.3 Å². The van der Waals surface area contributed by atoms with Gasteiger partial charge in [-0.05, 0) is 25.0 Å². The number of aromatic amines is 1. The standard InChI is InChI=1S/C16H20N4O4S/c1-19(2)12-8-6-11(7-9-12)14-15-13(16(21)18-17-14)5-4-10-20(15)24-25(3,22)23/h6-9H,4-5,10H2,1-3H3,(H,18,21). The van der Waals surface area contributed by atoms with Crippen LogP contribution in [0.25, 0.3) is 11.3 Å². The SMILES string of the molecule is CN(C)c1ccc(-c2n[nH]c(=O)c3c2N(OS(C)(=O)=O)CCC3)cc1. The zero-order chi connectivity index (χ0) is 18.2. The van der Waals surface area contributed by atoms with E-state index in [1.54, 1.807) is 0 Å². The number of hydrogen-bond donors (Lipinski definition) is 1. The van der Waals surface area contributed by atoms with E-state index in [0.29, 0.717) is 36.3 Å². The summed E-state index contributed by atoms with van der Waals surface area (Å²) in [6.07, 6.45) is 2.14. The van der Waals surface area contributed by atoms with E-state index in [9.17, 15) is 13.2 Å². The van der Waals surface area contributed by atoms with Crippen LogP contribution in [-0.2, 0) is 20.8 Å². The van der Waals surface area contributed by atoms with Crippen LogP contribution in [-0.4, -0.2) is 45.5 Å². The summed E-state index contributed by atoms with van der Waals surface area (Å²) in [5.41, 5.74) is 2.84. The first kappa shape index (κ1) is 17.4. The van der Waals surface area contributed by atoms with Crippen molar-refractivity contribution in [3.8, 4) is 11.3 Å². The van der Waals surface area contributed by atoms with Crippen LogP contribution < -0.4 is 15.5 Å². The van der Waals surface area contributed by atoms with Crippen LogP contribution in [0.4, 0.5) is 11.4 Å². The van der Waals surface area contributed by atoms with Gasteiger partial charge in [-0.25, -0.2) is 10.2 Å². The molecule has 0 bridgehead atoms. The van der Waals surface area contributed by atoms with Gasteiger partial charge in [0.2, 0.25) is 0 Å². The molecular formula is C16H20N4O4S. The van der Waals surface area contributed by atoms with Crippen LogP contribution in [0, 0.1) is 0 Å². The molecule has 2 aromatic rings. The van der Waals surface area contributed by atoms with Gasteiger partial charge in [-0.1, -0.05) is 12.1 Å². The molecule has 0 saturated carbocycles. The Balaban J connectivity index is 2.13. The first-order valence-corrected chi connectivity index (χ1v) is 9.64. The summed E-state index contributed by atoms with van der Waals surface area (Å²) in [7, 11) is 0.166. The Morgan fingerprint density at radius 2 is 1.92 bits per heavy atom. The van der Waals surface area contributed by atoms with Gasteiger partial charge >= 0.3 is 0 Å². The highest BCUT2D eigenvalue weighted by Crippen LogP contribution is 2.34. The molecule has 0 radical (unpaired) electrons. The van der Waals surface area contributed by atoms with Gasteiger partial charge in [-0.15, -0.1) is 4.28 Å². The number of hydrogen-bond acceptors (Lipinski definition) is 7. The van der Waals surface area contributed by atoms with Gasteiger partial charge in [0.1, 0.15) is 11.4 Å². The Morgan fingerprint density at radius 3 is 2.52 bits per heavy atom. The second-order valence-corrected chi connectivity index (χ2v) is 7.71. The molecule has 1 aliphatic heterocycles. The lowest BCUT2D eigenvalue weighted by atomic mass is 10.0. The lowest BCUT2D eigenvalue weighted by Crippen LogP contribution is -2.35. The zero-order valence-corrected chi connectivity index (χ0v) is 15.1. The molecule has 8 nitrogen and oxygen atoms in total. The van der Waals surface area contributed by atoms with Crippen molar-refractivity contribution in [3.05, 3.63) is 40.2 Å². The predicted octanol–water partition coefficient (Wildman–Crippen LogP) is 1.15. The first-order valence-electron chi connectivity index (χ1n) is 7.82. The lowest BCUT2D eigenvalue weighted by Gasteiger charge is -2.29. The second kappa shape index (κ2) is 6.49. The normalized spacial score (nSPS) is 14.3. The molecule has 0 atom stereocenters. The molecule has 25 heavy (non-hydrogen) atoms. The number of hydroxylamine groups is 1. The van der Waals surface area contributed by atoms with E-state index in [2.05, 4.69) is 10.2 Å². The molecule has 134 valence electrons. The number of nitrogens with zero attached hydrogens (tertiary/aromatic N) is 3. The molecule has 1 aromatic heterocycles. The maximum Gasteiger partial charge on any atom is 0.285 e. The summed E-state index contributed by atoms with van der Waals surface area (Å²) in [4.78, 5) is 14.1. The molecule has 3 rings (SSSR count). The van der Waals surface area contributed by atoms with Crippen molar-refractivity contribution < 1.29 is 12.7 Å². The summed E-state index contributed by atoms with van der Waals surface area (Å²) in [6, 6.07) is 7.62. The van der Waals surface area contributed by atoms with Gasteiger partial charge < -0.3 is 4.90 Å². The van der Waals surface area contributed by atoms with Gasteiger partial charge in [-0.3, -0.25) is 4.79 Å². The van der Waals surface area contributed by atoms with Crippen LogP contribution in [0.1, 0.15) is 12.0 Å². The van der Waals surface area contributed by atoms with E-state index in [-0.39, 0.29) is 5.56 Å². The fourth-order valence-electron chi connectivity index (χ4n) is 2.85. The fraction of sp³-hybridized carbons (Fsp3) is 0.375. The third-order valence-corrected chi connectivity index (χ3v) is 4.42. The monoisotopic (exact) mass is 364 g/mol. The number of fused-ring (bicyclic) bond motifs is 1. The Hall–Kier alpha value is -2.39. The average Bonchev–Trinajstić information content (AvgIpc) is 2.54. The van der Waals surface area contributed by atoms with Crippen molar-refractivity contribution >= 4 is 21.5 Å². The minimum Gasteiger partial charge on any atom is -0.378 e. The maximum absolute atomic E-state index is 12.1. The molecule has 0 spiro atoms. The van der Waals surface area contributed by atoms with E-state index in [0.717, 1.165) is 17.5 Å². The van der Waals surface area contributed by atoms with Crippen LogP contribution >= 0.6 is 0 Å².